The van der Waals surface area contributed by atoms with Crippen LogP contribution in [0.1, 0.15) is 32.4 Å². The Morgan fingerprint density at radius 1 is 1.08 bits per heavy atom. The highest BCUT2D eigenvalue weighted by molar-refractivity contribution is 5.47. The van der Waals surface area contributed by atoms with Crippen molar-refractivity contribution in [1.29, 1.82) is 0 Å². The lowest BCUT2D eigenvalue weighted by atomic mass is 10.1. The quantitative estimate of drug-likeness (QED) is 0.713. The van der Waals surface area contributed by atoms with Gasteiger partial charge in [0.25, 0.3) is 0 Å². The van der Waals surface area contributed by atoms with E-state index >= 15 is 0 Å². The lowest BCUT2D eigenvalue weighted by Gasteiger charge is -2.17. The third-order valence-electron chi connectivity index (χ3n) is 3.50. The van der Waals surface area contributed by atoms with Gasteiger partial charge >= 0.3 is 0 Å². The van der Waals surface area contributed by atoms with E-state index < -0.39 is 0 Å². The summed E-state index contributed by atoms with van der Waals surface area (Å²) in [4.78, 5) is 0. The molecule has 2 heterocycles. The topological polar surface area (TPSA) is 86.5 Å². The first-order valence-corrected chi connectivity index (χ1v) is 7.92. The third kappa shape index (κ3) is 3.37. The standard InChI is InChI=1S/C16H20N6O2/c1-4-23-13-7-6-12(10-14(13)24-5-2)11(3)17-15-8-9-16-18-20-21-22(16)19-15/h6-11H,4-5H2,1-3H3,(H,17,19)/t11-/m0/s1. The molecule has 8 nitrogen and oxygen atoms in total. The van der Waals surface area contributed by atoms with Gasteiger partial charge in [-0.1, -0.05) is 6.07 Å². The molecule has 0 aliphatic heterocycles. The van der Waals surface area contributed by atoms with E-state index in [9.17, 15) is 0 Å². The molecular weight excluding hydrogens is 308 g/mol. The van der Waals surface area contributed by atoms with Crippen LogP contribution in [0.15, 0.2) is 30.3 Å². The molecule has 24 heavy (non-hydrogen) atoms. The Balaban J connectivity index is 1.80. The molecule has 3 rings (SSSR count). The van der Waals surface area contributed by atoms with E-state index in [4.69, 9.17) is 9.47 Å². The molecule has 1 atom stereocenters. The van der Waals surface area contributed by atoms with E-state index in [0.717, 1.165) is 17.1 Å². The summed E-state index contributed by atoms with van der Waals surface area (Å²) in [5.74, 6) is 2.19. The number of nitrogens with zero attached hydrogens (tertiary/aromatic N) is 5. The average molecular weight is 328 g/mol. The first kappa shape index (κ1) is 16.0. The second kappa shape index (κ2) is 7.12. The van der Waals surface area contributed by atoms with Gasteiger partial charge in [-0.05, 0) is 61.0 Å². The smallest absolute Gasteiger partial charge is 0.200 e. The summed E-state index contributed by atoms with van der Waals surface area (Å²) in [6.45, 7) is 7.15. The summed E-state index contributed by atoms with van der Waals surface area (Å²) in [5, 5.41) is 18.9. The SMILES string of the molecule is CCOc1ccc([C@H](C)Nc2ccc3nnnn3n2)cc1OCC. The van der Waals surface area contributed by atoms with Gasteiger partial charge in [0, 0.05) is 0 Å². The Kier molecular flexibility index (Phi) is 4.74. The summed E-state index contributed by atoms with van der Waals surface area (Å²) >= 11 is 0. The molecule has 3 aromatic rings. The lowest BCUT2D eigenvalue weighted by Crippen LogP contribution is -2.10. The number of anilines is 1. The Morgan fingerprint density at radius 2 is 1.88 bits per heavy atom. The Labute approximate surface area is 139 Å². The molecular formula is C16H20N6O2. The van der Waals surface area contributed by atoms with Crippen molar-refractivity contribution in [1.82, 2.24) is 25.3 Å². The van der Waals surface area contributed by atoms with Crippen LogP contribution >= 0.6 is 0 Å². The number of ether oxygens (including phenoxy) is 2. The van der Waals surface area contributed by atoms with Gasteiger partial charge in [0.05, 0.1) is 19.3 Å². The molecule has 0 amide bonds. The number of fused-ring (bicyclic) bond motifs is 1. The highest BCUT2D eigenvalue weighted by Gasteiger charge is 2.12. The van der Waals surface area contributed by atoms with Gasteiger partial charge in [0.2, 0.25) is 0 Å². The van der Waals surface area contributed by atoms with Crippen LogP contribution in [-0.2, 0) is 0 Å². The van der Waals surface area contributed by atoms with Crippen LogP contribution in [0.3, 0.4) is 0 Å². The van der Waals surface area contributed by atoms with Gasteiger partial charge in [-0.3, -0.25) is 0 Å². The number of tetrazole rings is 1. The summed E-state index contributed by atoms with van der Waals surface area (Å²) in [7, 11) is 0. The molecule has 1 aromatic carbocycles. The van der Waals surface area contributed by atoms with E-state index in [2.05, 4.69) is 32.9 Å². The van der Waals surface area contributed by atoms with Gasteiger partial charge in [0.15, 0.2) is 17.1 Å². The van der Waals surface area contributed by atoms with Crippen molar-refractivity contribution in [3.8, 4) is 11.5 Å². The summed E-state index contributed by atoms with van der Waals surface area (Å²) < 4.78 is 12.7. The number of hydrogen-bond donors (Lipinski definition) is 1. The molecule has 0 aliphatic rings. The second-order valence-corrected chi connectivity index (χ2v) is 5.18. The van der Waals surface area contributed by atoms with Crippen molar-refractivity contribution in [3.05, 3.63) is 35.9 Å². The number of benzene rings is 1. The molecule has 0 radical (unpaired) electrons. The van der Waals surface area contributed by atoms with Crippen LogP contribution in [0, 0.1) is 0 Å². The van der Waals surface area contributed by atoms with Crippen molar-refractivity contribution >= 4 is 11.5 Å². The third-order valence-corrected chi connectivity index (χ3v) is 3.50. The molecule has 0 saturated carbocycles. The molecule has 0 unspecified atom stereocenters. The molecule has 0 saturated heterocycles. The Hall–Kier alpha value is -2.90. The van der Waals surface area contributed by atoms with Gasteiger partial charge in [-0.25, -0.2) is 0 Å². The maximum Gasteiger partial charge on any atom is 0.200 e. The molecule has 0 fully saturated rings. The second-order valence-electron chi connectivity index (χ2n) is 5.18. The Morgan fingerprint density at radius 3 is 2.67 bits per heavy atom. The maximum atomic E-state index is 5.68. The van der Waals surface area contributed by atoms with Crippen LogP contribution < -0.4 is 14.8 Å². The molecule has 2 aromatic heterocycles. The minimum Gasteiger partial charge on any atom is -0.490 e. The minimum absolute atomic E-state index is 0.0290. The molecule has 0 bridgehead atoms. The fourth-order valence-corrected chi connectivity index (χ4v) is 2.37. The number of hydrogen-bond acceptors (Lipinski definition) is 7. The zero-order valence-corrected chi connectivity index (χ0v) is 13.9. The summed E-state index contributed by atoms with van der Waals surface area (Å²) in [6, 6.07) is 9.62. The average Bonchev–Trinajstić information content (AvgIpc) is 3.04. The van der Waals surface area contributed by atoms with Crippen LogP contribution in [0.5, 0.6) is 11.5 Å². The van der Waals surface area contributed by atoms with E-state index in [-0.39, 0.29) is 6.04 Å². The van der Waals surface area contributed by atoms with Crippen molar-refractivity contribution in [2.75, 3.05) is 18.5 Å². The molecule has 0 spiro atoms. The molecule has 8 heteroatoms. The van der Waals surface area contributed by atoms with Gasteiger partial charge in [-0.2, -0.15) is 0 Å². The fourth-order valence-electron chi connectivity index (χ4n) is 2.37. The van der Waals surface area contributed by atoms with E-state index in [1.54, 1.807) is 0 Å². The highest BCUT2D eigenvalue weighted by Crippen LogP contribution is 2.31. The highest BCUT2D eigenvalue weighted by atomic mass is 16.5. The zero-order chi connectivity index (χ0) is 16.9. The van der Waals surface area contributed by atoms with Gasteiger partial charge in [-0.15, -0.1) is 14.8 Å². The molecule has 0 aliphatic carbocycles. The first-order valence-electron chi connectivity index (χ1n) is 7.92. The minimum atomic E-state index is 0.0290. The molecule has 126 valence electrons. The monoisotopic (exact) mass is 328 g/mol. The van der Waals surface area contributed by atoms with Crippen LogP contribution in [0.2, 0.25) is 0 Å². The zero-order valence-electron chi connectivity index (χ0n) is 13.9. The van der Waals surface area contributed by atoms with Crippen LogP contribution in [0.25, 0.3) is 5.65 Å². The van der Waals surface area contributed by atoms with Gasteiger partial charge in [0.1, 0.15) is 5.82 Å². The maximum absolute atomic E-state index is 5.68. The van der Waals surface area contributed by atoms with Crippen molar-refractivity contribution in [2.24, 2.45) is 0 Å². The normalized spacial score (nSPS) is 12.1. The number of aromatic nitrogens is 5. The Bertz CT molecular complexity index is 819. The van der Waals surface area contributed by atoms with Crippen LogP contribution in [-0.4, -0.2) is 38.5 Å². The van der Waals surface area contributed by atoms with E-state index in [1.807, 2.05) is 44.2 Å². The summed E-state index contributed by atoms with van der Waals surface area (Å²) in [6.07, 6.45) is 0. The van der Waals surface area contributed by atoms with E-state index in [1.165, 1.54) is 4.63 Å². The van der Waals surface area contributed by atoms with E-state index in [0.29, 0.717) is 24.7 Å². The lowest BCUT2D eigenvalue weighted by molar-refractivity contribution is 0.287. The fraction of sp³-hybridized carbons (Fsp3) is 0.375. The summed E-state index contributed by atoms with van der Waals surface area (Å²) in [5.41, 5.74) is 1.67. The number of rotatable bonds is 7. The molecule has 1 N–H and O–H groups in total. The van der Waals surface area contributed by atoms with Gasteiger partial charge < -0.3 is 14.8 Å². The number of nitrogens with one attached hydrogen (secondary N) is 1. The van der Waals surface area contributed by atoms with Crippen molar-refractivity contribution in [3.63, 3.8) is 0 Å². The predicted molar refractivity (Wildman–Crippen MR) is 89.4 cm³/mol. The first-order chi connectivity index (χ1) is 11.7. The van der Waals surface area contributed by atoms with Crippen molar-refractivity contribution < 1.29 is 9.47 Å². The predicted octanol–water partition coefficient (Wildman–Crippen LogP) is 2.49. The van der Waals surface area contributed by atoms with Crippen LogP contribution in [0.4, 0.5) is 5.82 Å². The van der Waals surface area contributed by atoms with Crippen molar-refractivity contribution in [2.45, 2.75) is 26.8 Å². The largest absolute Gasteiger partial charge is 0.490 e.